The average molecular weight is 264 g/mol. The molecule has 3 heteroatoms. The van der Waals surface area contributed by atoms with Crippen molar-refractivity contribution in [2.45, 2.75) is 33.6 Å². The van der Waals surface area contributed by atoms with Crippen LogP contribution in [0.4, 0.5) is 0 Å². The van der Waals surface area contributed by atoms with E-state index >= 15 is 0 Å². The van der Waals surface area contributed by atoms with E-state index in [1.54, 1.807) is 7.11 Å². The molecule has 0 saturated carbocycles. The molecule has 0 saturated heterocycles. The number of methoxy groups -OCH3 is 2. The largest absolute Gasteiger partial charge is 0.496 e. The van der Waals surface area contributed by atoms with Gasteiger partial charge in [0, 0.05) is 0 Å². The second-order valence-electron chi connectivity index (χ2n) is 5.08. The smallest absolute Gasteiger partial charge is 0.309 e. The Bertz CT molecular complexity index is 424. The van der Waals surface area contributed by atoms with Crippen LogP contribution in [0.3, 0.4) is 0 Å². The van der Waals surface area contributed by atoms with Crippen molar-refractivity contribution in [3.05, 3.63) is 29.3 Å². The molecule has 0 N–H and O–H groups in total. The molecule has 0 aliphatic rings. The Morgan fingerprint density at radius 3 is 2.42 bits per heavy atom. The number of aryl methyl sites for hydroxylation is 1. The number of hydrogen-bond donors (Lipinski definition) is 0. The van der Waals surface area contributed by atoms with Gasteiger partial charge in [0.1, 0.15) is 5.75 Å². The Balaban J connectivity index is 2.94. The van der Waals surface area contributed by atoms with Crippen LogP contribution in [0.5, 0.6) is 5.75 Å². The normalized spacial score (nSPS) is 12.3. The van der Waals surface area contributed by atoms with Crippen LogP contribution in [0.1, 0.15) is 31.9 Å². The van der Waals surface area contributed by atoms with E-state index in [0.29, 0.717) is 6.42 Å². The molecule has 19 heavy (non-hydrogen) atoms. The molecule has 0 aliphatic carbocycles. The van der Waals surface area contributed by atoms with Gasteiger partial charge in [0.2, 0.25) is 0 Å². The fourth-order valence-corrected chi connectivity index (χ4v) is 2.23. The fraction of sp³-hybridized carbons (Fsp3) is 0.562. The molecular formula is C16H24O3. The summed E-state index contributed by atoms with van der Waals surface area (Å²) < 4.78 is 10.2. The highest BCUT2D eigenvalue weighted by Crippen LogP contribution is 2.24. The summed E-state index contributed by atoms with van der Waals surface area (Å²) in [5.41, 5.74) is 2.33. The maximum atomic E-state index is 11.8. The van der Waals surface area contributed by atoms with Crippen LogP contribution in [-0.4, -0.2) is 20.2 Å². The molecule has 0 spiro atoms. The Morgan fingerprint density at radius 1 is 1.26 bits per heavy atom. The number of hydrogen-bond acceptors (Lipinski definition) is 3. The molecule has 1 rings (SSSR count). The monoisotopic (exact) mass is 264 g/mol. The van der Waals surface area contributed by atoms with Gasteiger partial charge in [0.05, 0.1) is 20.1 Å². The molecule has 0 radical (unpaired) electrons. The van der Waals surface area contributed by atoms with Crippen molar-refractivity contribution in [2.75, 3.05) is 14.2 Å². The minimum absolute atomic E-state index is 0.0944. The van der Waals surface area contributed by atoms with Crippen LogP contribution in [0.2, 0.25) is 0 Å². The molecule has 106 valence electrons. The zero-order valence-corrected chi connectivity index (χ0v) is 12.5. The lowest BCUT2D eigenvalue weighted by molar-refractivity contribution is -0.146. The van der Waals surface area contributed by atoms with Crippen LogP contribution in [-0.2, 0) is 22.4 Å². The van der Waals surface area contributed by atoms with Gasteiger partial charge in [0.25, 0.3) is 0 Å². The summed E-state index contributed by atoms with van der Waals surface area (Å²) in [6.45, 7) is 6.19. The third-order valence-corrected chi connectivity index (χ3v) is 3.49. The molecule has 0 fully saturated rings. The lowest BCUT2D eigenvalue weighted by Gasteiger charge is -2.19. The molecule has 0 aliphatic heterocycles. The van der Waals surface area contributed by atoms with E-state index in [-0.39, 0.29) is 17.8 Å². The van der Waals surface area contributed by atoms with Gasteiger partial charge in [-0.2, -0.15) is 0 Å². The van der Waals surface area contributed by atoms with E-state index in [1.165, 1.54) is 12.7 Å². The highest BCUT2D eigenvalue weighted by Gasteiger charge is 2.23. The first-order valence-corrected chi connectivity index (χ1v) is 6.77. The van der Waals surface area contributed by atoms with Crippen LogP contribution >= 0.6 is 0 Å². The van der Waals surface area contributed by atoms with Crippen molar-refractivity contribution in [3.63, 3.8) is 0 Å². The summed E-state index contributed by atoms with van der Waals surface area (Å²) in [6.07, 6.45) is 1.63. The topological polar surface area (TPSA) is 35.5 Å². The SMILES string of the molecule is CCc1cc(CC(C(=O)OC)C(C)C)ccc1OC. The first kappa shape index (κ1) is 15.5. The standard InChI is InChI=1S/C16H24O3/c1-6-13-9-12(7-8-15(13)18-4)10-14(11(2)3)16(17)19-5/h7-9,11,14H,6,10H2,1-5H3. The molecule has 0 heterocycles. The van der Waals surface area contributed by atoms with Crippen molar-refractivity contribution in [2.24, 2.45) is 11.8 Å². The van der Waals surface area contributed by atoms with Crippen molar-refractivity contribution in [1.29, 1.82) is 0 Å². The van der Waals surface area contributed by atoms with E-state index < -0.39 is 0 Å². The molecule has 1 atom stereocenters. The summed E-state index contributed by atoms with van der Waals surface area (Å²) in [5.74, 6) is 0.942. The van der Waals surface area contributed by atoms with Gasteiger partial charge in [-0.25, -0.2) is 0 Å². The van der Waals surface area contributed by atoms with Crippen LogP contribution in [0.15, 0.2) is 18.2 Å². The molecule has 0 amide bonds. The first-order valence-electron chi connectivity index (χ1n) is 6.77. The average Bonchev–Trinajstić information content (AvgIpc) is 2.43. The summed E-state index contributed by atoms with van der Waals surface area (Å²) in [5, 5.41) is 0. The zero-order valence-electron chi connectivity index (χ0n) is 12.5. The quantitative estimate of drug-likeness (QED) is 0.740. The molecule has 3 nitrogen and oxygen atoms in total. The van der Waals surface area contributed by atoms with Gasteiger partial charge in [-0.05, 0) is 36.0 Å². The predicted octanol–water partition coefficient (Wildman–Crippen LogP) is 3.25. The second kappa shape index (κ2) is 7.17. The molecule has 1 aromatic rings. The van der Waals surface area contributed by atoms with Gasteiger partial charge < -0.3 is 9.47 Å². The summed E-state index contributed by atoms with van der Waals surface area (Å²) >= 11 is 0. The maximum Gasteiger partial charge on any atom is 0.309 e. The molecule has 0 bridgehead atoms. The van der Waals surface area contributed by atoms with E-state index in [4.69, 9.17) is 9.47 Å². The summed E-state index contributed by atoms with van der Waals surface area (Å²) in [6, 6.07) is 6.12. The van der Waals surface area contributed by atoms with Gasteiger partial charge >= 0.3 is 5.97 Å². The number of esters is 1. The number of carbonyl (C=O) groups excluding carboxylic acids is 1. The first-order chi connectivity index (χ1) is 9.03. The van der Waals surface area contributed by atoms with Crippen LogP contribution in [0, 0.1) is 11.8 Å². The number of benzene rings is 1. The lowest BCUT2D eigenvalue weighted by atomic mass is 9.88. The predicted molar refractivity (Wildman–Crippen MR) is 76.4 cm³/mol. The van der Waals surface area contributed by atoms with Crippen LogP contribution < -0.4 is 4.74 Å². The number of rotatable bonds is 6. The van der Waals surface area contributed by atoms with Crippen molar-refractivity contribution in [3.8, 4) is 5.75 Å². The van der Waals surface area contributed by atoms with Gasteiger partial charge in [-0.15, -0.1) is 0 Å². The number of ether oxygens (including phenoxy) is 2. The summed E-state index contributed by atoms with van der Waals surface area (Å²) in [7, 11) is 3.13. The van der Waals surface area contributed by atoms with E-state index in [9.17, 15) is 4.79 Å². The van der Waals surface area contributed by atoms with Crippen LogP contribution in [0.25, 0.3) is 0 Å². The minimum atomic E-state index is -0.135. The van der Waals surface area contributed by atoms with Crippen molar-refractivity contribution >= 4 is 5.97 Å². The highest BCUT2D eigenvalue weighted by molar-refractivity contribution is 5.73. The second-order valence-corrected chi connectivity index (χ2v) is 5.08. The molecule has 0 aromatic heterocycles. The Kier molecular flexibility index (Phi) is 5.87. The Hall–Kier alpha value is -1.51. The zero-order chi connectivity index (χ0) is 14.4. The van der Waals surface area contributed by atoms with E-state index in [2.05, 4.69) is 13.0 Å². The maximum absolute atomic E-state index is 11.8. The third-order valence-electron chi connectivity index (χ3n) is 3.49. The highest BCUT2D eigenvalue weighted by atomic mass is 16.5. The van der Waals surface area contributed by atoms with Gasteiger partial charge in [0.15, 0.2) is 0 Å². The van der Waals surface area contributed by atoms with Crippen molar-refractivity contribution < 1.29 is 14.3 Å². The van der Waals surface area contributed by atoms with Gasteiger partial charge in [-0.1, -0.05) is 32.9 Å². The molecule has 1 aromatic carbocycles. The molecular weight excluding hydrogens is 240 g/mol. The lowest BCUT2D eigenvalue weighted by Crippen LogP contribution is -2.24. The molecule has 1 unspecified atom stereocenters. The Morgan fingerprint density at radius 2 is 1.95 bits per heavy atom. The van der Waals surface area contributed by atoms with Crippen molar-refractivity contribution in [1.82, 2.24) is 0 Å². The van der Waals surface area contributed by atoms with E-state index in [1.807, 2.05) is 26.0 Å². The summed E-state index contributed by atoms with van der Waals surface area (Å²) in [4.78, 5) is 11.8. The fourth-order valence-electron chi connectivity index (χ4n) is 2.23. The van der Waals surface area contributed by atoms with Gasteiger partial charge in [-0.3, -0.25) is 4.79 Å². The van der Waals surface area contributed by atoms with E-state index in [0.717, 1.165) is 17.7 Å². The Labute approximate surface area is 115 Å². The minimum Gasteiger partial charge on any atom is -0.496 e. The third kappa shape index (κ3) is 3.98. The number of carbonyl (C=O) groups is 1.